The molecule has 1 aromatic carbocycles. The zero-order valence-electron chi connectivity index (χ0n) is 9.21. The Labute approximate surface area is 107 Å². The molecular weight excluding hydrogens is 254 g/mol. The number of oxazole rings is 1. The van der Waals surface area contributed by atoms with Crippen LogP contribution < -0.4 is 5.76 Å². The molecule has 0 amide bonds. The Morgan fingerprint density at radius 1 is 1.17 bits per heavy atom. The summed E-state index contributed by atoms with van der Waals surface area (Å²) in [7, 11) is 0. The topological polar surface area (TPSA) is 60.9 Å². The molecule has 2 aromatic heterocycles. The number of nitrogens with zero attached hydrogens (tertiary/aromatic N) is 3. The highest BCUT2D eigenvalue weighted by molar-refractivity contribution is 6.29. The van der Waals surface area contributed by atoms with Crippen molar-refractivity contribution in [2.75, 3.05) is 0 Å². The van der Waals surface area contributed by atoms with Crippen molar-refractivity contribution < 1.29 is 4.42 Å². The standard InChI is InChI=1S/C12H8ClN3O2/c13-11-6-5-8(14-15-11)7-16-9-3-1-2-4-10(9)18-12(16)17/h1-6H,7H2. The van der Waals surface area contributed by atoms with Crippen molar-refractivity contribution in [2.45, 2.75) is 6.54 Å². The van der Waals surface area contributed by atoms with Crippen molar-refractivity contribution in [1.29, 1.82) is 0 Å². The maximum Gasteiger partial charge on any atom is 0.420 e. The largest absolute Gasteiger partial charge is 0.420 e. The molecule has 3 aromatic rings. The molecule has 0 radical (unpaired) electrons. The van der Waals surface area contributed by atoms with Crippen molar-refractivity contribution in [1.82, 2.24) is 14.8 Å². The van der Waals surface area contributed by atoms with E-state index in [1.165, 1.54) is 4.57 Å². The van der Waals surface area contributed by atoms with Crippen LogP contribution in [0.4, 0.5) is 0 Å². The smallest absolute Gasteiger partial charge is 0.408 e. The third-order valence-corrected chi connectivity index (χ3v) is 2.78. The van der Waals surface area contributed by atoms with E-state index in [1.54, 1.807) is 18.2 Å². The molecule has 0 unspecified atom stereocenters. The molecule has 2 heterocycles. The van der Waals surface area contributed by atoms with Gasteiger partial charge in [-0.05, 0) is 24.3 Å². The van der Waals surface area contributed by atoms with E-state index in [9.17, 15) is 4.79 Å². The summed E-state index contributed by atoms with van der Waals surface area (Å²) in [5.74, 6) is -0.409. The molecule has 0 aliphatic carbocycles. The maximum atomic E-state index is 11.7. The number of fused-ring (bicyclic) bond motifs is 1. The van der Waals surface area contributed by atoms with E-state index in [1.807, 2.05) is 18.2 Å². The maximum absolute atomic E-state index is 11.7. The minimum atomic E-state index is -0.409. The Bertz CT molecular complexity index is 746. The molecule has 3 rings (SSSR count). The Kier molecular flexibility index (Phi) is 2.60. The summed E-state index contributed by atoms with van der Waals surface area (Å²) in [5, 5.41) is 7.98. The second kappa shape index (κ2) is 4.27. The van der Waals surface area contributed by atoms with E-state index in [2.05, 4.69) is 10.2 Å². The van der Waals surface area contributed by atoms with E-state index >= 15 is 0 Å². The first-order valence-electron chi connectivity index (χ1n) is 5.30. The van der Waals surface area contributed by atoms with Gasteiger partial charge in [-0.15, -0.1) is 5.10 Å². The van der Waals surface area contributed by atoms with Gasteiger partial charge < -0.3 is 4.42 Å². The first kappa shape index (κ1) is 11.0. The summed E-state index contributed by atoms with van der Waals surface area (Å²) in [5.41, 5.74) is 1.94. The van der Waals surface area contributed by atoms with Crippen LogP contribution in [0.1, 0.15) is 5.69 Å². The Morgan fingerprint density at radius 2 is 2.00 bits per heavy atom. The molecule has 0 fully saturated rings. The Balaban J connectivity index is 2.07. The predicted octanol–water partition coefficient (Wildman–Crippen LogP) is 2.09. The molecule has 6 heteroatoms. The summed E-state index contributed by atoms with van der Waals surface area (Å²) in [6, 6.07) is 10.6. The zero-order valence-corrected chi connectivity index (χ0v) is 9.96. The summed E-state index contributed by atoms with van der Waals surface area (Å²) in [6.45, 7) is 0.306. The van der Waals surface area contributed by atoms with Crippen LogP contribution in [-0.2, 0) is 6.54 Å². The Hall–Kier alpha value is -2.14. The average Bonchev–Trinajstić information content (AvgIpc) is 2.69. The van der Waals surface area contributed by atoms with E-state index in [0.29, 0.717) is 23.0 Å². The number of hydrogen-bond acceptors (Lipinski definition) is 4. The monoisotopic (exact) mass is 261 g/mol. The van der Waals surface area contributed by atoms with Crippen LogP contribution >= 0.6 is 11.6 Å². The quantitative estimate of drug-likeness (QED) is 0.709. The summed E-state index contributed by atoms with van der Waals surface area (Å²) >= 11 is 5.66. The van der Waals surface area contributed by atoms with E-state index < -0.39 is 5.76 Å². The highest BCUT2D eigenvalue weighted by Crippen LogP contribution is 2.13. The molecule has 5 nitrogen and oxygen atoms in total. The van der Waals surface area contributed by atoms with Gasteiger partial charge in [0, 0.05) is 0 Å². The highest BCUT2D eigenvalue weighted by Gasteiger charge is 2.09. The minimum Gasteiger partial charge on any atom is -0.408 e. The van der Waals surface area contributed by atoms with Gasteiger partial charge in [0.05, 0.1) is 17.8 Å². The SMILES string of the molecule is O=c1oc2ccccc2n1Cc1ccc(Cl)nn1. The molecule has 0 saturated heterocycles. The van der Waals surface area contributed by atoms with Gasteiger partial charge in [-0.25, -0.2) is 4.79 Å². The van der Waals surface area contributed by atoms with Crippen LogP contribution in [-0.4, -0.2) is 14.8 Å². The molecule has 0 bridgehead atoms. The molecule has 0 aliphatic heterocycles. The fourth-order valence-electron chi connectivity index (χ4n) is 1.75. The van der Waals surface area contributed by atoms with Gasteiger partial charge in [-0.3, -0.25) is 4.57 Å². The number of halogens is 1. The summed E-state index contributed by atoms with van der Waals surface area (Å²) in [4.78, 5) is 11.7. The number of aromatic nitrogens is 3. The number of para-hydroxylation sites is 2. The highest BCUT2D eigenvalue weighted by atomic mass is 35.5. The van der Waals surface area contributed by atoms with Crippen molar-refractivity contribution in [2.24, 2.45) is 0 Å². The average molecular weight is 262 g/mol. The number of benzene rings is 1. The fraction of sp³-hybridized carbons (Fsp3) is 0.0833. The molecule has 0 aliphatic rings. The molecule has 0 spiro atoms. The van der Waals surface area contributed by atoms with Crippen molar-refractivity contribution in [3.05, 3.63) is 57.8 Å². The molecule has 18 heavy (non-hydrogen) atoms. The third kappa shape index (κ3) is 1.89. The summed E-state index contributed by atoms with van der Waals surface area (Å²) in [6.07, 6.45) is 0. The van der Waals surface area contributed by atoms with Crippen LogP contribution in [0, 0.1) is 0 Å². The number of hydrogen-bond donors (Lipinski definition) is 0. The fourth-order valence-corrected chi connectivity index (χ4v) is 1.85. The van der Waals surface area contributed by atoms with E-state index in [0.717, 1.165) is 5.52 Å². The Morgan fingerprint density at radius 3 is 2.78 bits per heavy atom. The number of rotatable bonds is 2. The summed E-state index contributed by atoms with van der Waals surface area (Å²) < 4.78 is 6.64. The lowest BCUT2D eigenvalue weighted by Gasteiger charge is -2.00. The van der Waals surface area contributed by atoms with Crippen molar-refractivity contribution in [3.8, 4) is 0 Å². The van der Waals surface area contributed by atoms with Gasteiger partial charge in [0.2, 0.25) is 0 Å². The van der Waals surface area contributed by atoms with Crippen LogP contribution in [0.3, 0.4) is 0 Å². The van der Waals surface area contributed by atoms with E-state index in [4.69, 9.17) is 16.0 Å². The van der Waals surface area contributed by atoms with Crippen molar-refractivity contribution in [3.63, 3.8) is 0 Å². The van der Waals surface area contributed by atoms with Gasteiger partial charge in [-0.1, -0.05) is 23.7 Å². The van der Waals surface area contributed by atoms with Gasteiger partial charge in [0.1, 0.15) is 0 Å². The van der Waals surface area contributed by atoms with Crippen LogP contribution in [0.2, 0.25) is 5.15 Å². The first-order chi connectivity index (χ1) is 8.74. The second-order valence-corrected chi connectivity index (χ2v) is 4.16. The molecule has 90 valence electrons. The van der Waals surface area contributed by atoms with Gasteiger partial charge >= 0.3 is 5.76 Å². The zero-order chi connectivity index (χ0) is 12.5. The van der Waals surface area contributed by atoms with Crippen LogP contribution in [0.5, 0.6) is 0 Å². The minimum absolute atomic E-state index is 0.306. The van der Waals surface area contributed by atoms with Gasteiger partial charge in [-0.2, -0.15) is 5.10 Å². The third-order valence-electron chi connectivity index (χ3n) is 2.58. The lowest BCUT2D eigenvalue weighted by atomic mass is 10.3. The normalized spacial score (nSPS) is 10.9. The molecular formula is C12H8ClN3O2. The predicted molar refractivity (Wildman–Crippen MR) is 66.6 cm³/mol. The van der Waals surface area contributed by atoms with E-state index in [-0.39, 0.29) is 0 Å². The first-order valence-corrected chi connectivity index (χ1v) is 5.68. The lowest BCUT2D eigenvalue weighted by molar-refractivity contribution is 0.515. The second-order valence-electron chi connectivity index (χ2n) is 3.77. The molecule has 0 saturated carbocycles. The lowest BCUT2D eigenvalue weighted by Crippen LogP contribution is -2.15. The van der Waals surface area contributed by atoms with Gasteiger partial charge in [0.15, 0.2) is 10.7 Å². The molecule has 0 atom stereocenters. The molecule has 0 N–H and O–H groups in total. The van der Waals surface area contributed by atoms with Gasteiger partial charge in [0.25, 0.3) is 0 Å². The van der Waals surface area contributed by atoms with Crippen LogP contribution in [0.15, 0.2) is 45.6 Å². The van der Waals surface area contributed by atoms with Crippen LogP contribution in [0.25, 0.3) is 11.1 Å². The van der Waals surface area contributed by atoms with Crippen molar-refractivity contribution >= 4 is 22.7 Å².